The molecular formula is C28H22BrFN4O5. The summed E-state index contributed by atoms with van der Waals surface area (Å²) in [5.74, 6) is -2.09. The predicted octanol–water partition coefficient (Wildman–Crippen LogP) is 5.89. The molecule has 5 aromatic rings. The Labute approximate surface area is 230 Å². The average Bonchev–Trinajstić information content (AvgIpc) is 2.94. The Morgan fingerprint density at radius 2 is 1.38 bits per heavy atom. The van der Waals surface area contributed by atoms with Crippen LogP contribution in [0.3, 0.4) is 0 Å². The van der Waals surface area contributed by atoms with Gasteiger partial charge in [0, 0.05) is 41.1 Å². The van der Waals surface area contributed by atoms with Crippen LogP contribution in [-0.4, -0.2) is 50.2 Å². The van der Waals surface area contributed by atoms with Crippen molar-refractivity contribution in [2.24, 2.45) is 0 Å². The summed E-state index contributed by atoms with van der Waals surface area (Å²) in [5.41, 5.74) is 2.77. The van der Waals surface area contributed by atoms with Gasteiger partial charge in [0.25, 0.3) is 0 Å². The molecule has 5 rings (SSSR count). The normalized spacial score (nSPS) is 10.6. The van der Waals surface area contributed by atoms with Crippen LogP contribution in [-0.2, 0) is 9.47 Å². The Hall–Kier alpha value is -4.51. The molecule has 11 heteroatoms. The van der Waals surface area contributed by atoms with Gasteiger partial charge in [-0.2, -0.15) is 0 Å². The second kappa shape index (κ2) is 12.4. The number of hydrogen-bond acceptors (Lipinski definition) is 9. The highest BCUT2D eigenvalue weighted by Gasteiger charge is 2.14. The lowest BCUT2D eigenvalue weighted by Crippen LogP contribution is -2.07. The van der Waals surface area contributed by atoms with E-state index in [2.05, 4.69) is 35.9 Å². The van der Waals surface area contributed by atoms with E-state index in [1.807, 2.05) is 0 Å². The molecule has 198 valence electrons. The number of aromatic nitrogens is 4. The van der Waals surface area contributed by atoms with E-state index in [1.54, 1.807) is 62.8 Å². The lowest BCUT2D eigenvalue weighted by molar-refractivity contribution is 0.0510. The molecular weight excluding hydrogens is 571 g/mol. The van der Waals surface area contributed by atoms with Gasteiger partial charge in [-0.25, -0.2) is 23.9 Å². The highest BCUT2D eigenvalue weighted by Crippen LogP contribution is 2.29. The fourth-order valence-corrected chi connectivity index (χ4v) is 4.01. The molecule has 1 aromatic carbocycles. The molecule has 0 spiro atoms. The summed E-state index contributed by atoms with van der Waals surface area (Å²) < 4.78 is 24.2. The van der Waals surface area contributed by atoms with Gasteiger partial charge in [0.1, 0.15) is 11.4 Å². The minimum absolute atomic E-state index is 0.172. The monoisotopic (exact) mass is 592 g/mol. The Morgan fingerprint density at radius 1 is 0.821 bits per heavy atom. The average molecular weight is 593 g/mol. The predicted molar refractivity (Wildman–Crippen MR) is 146 cm³/mol. The number of carbonyl (C=O) groups excluding carboxylic acids is 2. The molecule has 0 bridgehead atoms. The van der Waals surface area contributed by atoms with E-state index in [0.29, 0.717) is 39.8 Å². The highest BCUT2D eigenvalue weighted by molar-refractivity contribution is 9.10. The molecule has 1 N–H and O–H groups in total. The second-order valence-corrected chi connectivity index (χ2v) is 8.81. The van der Waals surface area contributed by atoms with Gasteiger partial charge in [0.15, 0.2) is 11.6 Å². The van der Waals surface area contributed by atoms with Gasteiger partial charge < -0.3 is 14.6 Å². The summed E-state index contributed by atoms with van der Waals surface area (Å²) in [6.45, 7) is 4.08. The molecule has 4 heterocycles. The summed E-state index contributed by atoms with van der Waals surface area (Å²) in [4.78, 5) is 40.0. The number of phenolic OH excluding ortho intramolecular Hbond substituents is 1. The van der Waals surface area contributed by atoms with Gasteiger partial charge in [-0.15, -0.1) is 0 Å². The molecule has 39 heavy (non-hydrogen) atoms. The van der Waals surface area contributed by atoms with Crippen molar-refractivity contribution in [3.8, 4) is 16.9 Å². The quantitative estimate of drug-likeness (QED) is 0.249. The third-order valence-electron chi connectivity index (χ3n) is 5.38. The van der Waals surface area contributed by atoms with E-state index in [1.165, 1.54) is 18.3 Å². The van der Waals surface area contributed by atoms with Crippen LogP contribution >= 0.6 is 15.9 Å². The highest BCUT2D eigenvalue weighted by atomic mass is 79.9. The lowest BCUT2D eigenvalue weighted by atomic mass is 10.0. The van der Waals surface area contributed by atoms with Crippen molar-refractivity contribution in [3.63, 3.8) is 0 Å². The summed E-state index contributed by atoms with van der Waals surface area (Å²) in [7, 11) is 0. The Bertz CT molecular complexity index is 1680. The van der Waals surface area contributed by atoms with E-state index in [0.717, 1.165) is 9.86 Å². The number of phenols is 1. The second-order valence-electron chi connectivity index (χ2n) is 7.95. The molecule has 0 fully saturated rings. The number of halogens is 2. The zero-order valence-corrected chi connectivity index (χ0v) is 22.5. The SMILES string of the molecule is CCOC(=O)c1ccc2cncc(-c3ccc(O)c(F)c3)c2n1.CCOC(=O)c1ccc2cncc(Br)c2n1. The van der Waals surface area contributed by atoms with Crippen LogP contribution in [0.5, 0.6) is 5.75 Å². The molecule has 0 radical (unpaired) electrons. The summed E-state index contributed by atoms with van der Waals surface area (Å²) >= 11 is 3.34. The zero-order chi connectivity index (χ0) is 27.9. The van der Waals surface area contributed by atoms with Crippen molar-refractivity contribution in [1.82, 2.24) is 19.9 Å². The topological polar surface area (TPSA) is 124 Å². The Balaban J connectivity index is 0.000000193. The van der Waals surface area contributed by atoms with Crippen LogP contribution < -0.4 is 0 Å². The molecule has 0 unspecified atom stereocenters. The lowest BCUT2D eigenvalue weighted by Gasteiger charge is -2.08. The minimum atomic E-state index is -0.735. The molecule has 0 aliphatic carbocycles. The first-order valence-electron chi connectivity index (χ1n) is 11.8. The maximum atomic E-state index is 13.6. The third kappa shape index (κ3) is 6.32. The number of ether oxygens (including phenoxy) is 2. The zero-order valence-electron chi connectivity index (χ0n) is 20.9. The molecule has 0 aliphatic rings. The number of hydrogen-bond donors (Lipinski definition) is 1. The maximum Gasteiger partial charge on any atom is 0.356 e. The Morgan fingerprint density at radius 3 is 1.97 bits per heavy atom. The molecule has 9 nitrogen and oxygen atoms in total. The first kappa shape index (κ1) is 27.5. The Kier molecular flexibility index (Phi) is 8.72. The van der Waals surface area contributed by atoms with Crippen LogP contribution in [0.4, 0.5) is 4.39 Å². The molecule has 4 aromatic heterocycles. The van der Waals surface area contributed by atoms with E-state index >= 15 is 0 Å². The number of aromatic hydroxyl groups is 1. The number of fused-ring (bicyclic) bond motifs is 2. The summed E-state index contributed by atoms with van der Waals surface area (Å²) in [5, 5.41) is 10.9. The van der Waals surface area contributed by atoms with Gasteiger partial charge in [0.2, 0.25) is 0 Å². The van der Waals surface area contributed by atoms with Crippen molar-refractivity contribution < 1.29 is 28.6 Å². The van der Waals surface area contributed by atoms with E-state index < -0.39 is 23.5 Å². The molecule has 0 saturated heterocycles. The number of nitrogens with zero attached hydrogens (tertiary/aromatic N) is 4. The van der Waals surface area contributed by atoms with E-state index in [4.69, 9.17) is 9.47 Å². The van der Waals surface area contributed by atoms with Crippen molar-refractivity contribution in [2.45, 2.75) is 13.8 Å². The summed E-state index contributed by atoms with van der Waals surface area (Å²) in [6, 6.07) is 10.7. The van der Waals surface area contributed by atoms with Crippen LogP contribution in [0.15, 0.2) is 71.7 Å². The first-order chi connectivity index (χ1) is 18.8. The number of esters is 2. The van der Waals surface area contributed by atoms with Gasteiger partial charge >= 0.3 is 11.9 Å². The number of pyridine rings is 4. The van der Waals surface area contributed by atoms with Crippen LogP contribution in [0.25, 0.3) is 32.9 Å². The van der Waals surface area contributed by atoms with Gasteiger partial charge in [0.05, 0.1) is 28.7 Å². The van der Waals surface area contributed by atoms with Crippen molar-refractivity contribution in [2.75, 3.05) is 13.2 Å². The van der Waals surface area contributed by atoms with E-state index in [-0.39, 0.29) is 12.3 Å². The number of benzene rings is 1. The smallest absolute Gasteiger partial charge is 0.356 e. The number of carbonyl (C=O) groups is 2. The van der Waals surface area contributed by atoms with Crippen molar-refractivity contribution >= 4 is 49.7 Å². The standard InChI is InChI=1S/C17H13FN2O3.C11H9BrN2O2/c1-2-23-17(22)14-5-3-11-8-19-9-12(16(11)20-14)10-4-6-15(21)13(18)7-10;1-2-16-11(15)9-4-3-7-5-13-6-8(12)10(7)14-9/h3-9,21H,2H2,1H3;3-6H,2H2,1H3. The van der Waals surface area contributed by atoms with E-state index in [9.17, 15) is 19.1 Å². The van der Waals surface area contributed by atoms with Crippen molar-refractivity contribution in [3.05, 3.63) is 88.9 Å². The third-order valence-corrected chi connectivity index (χ3v) is 5.96. The maximum absolute atomic E-state index is 13.6. The fourth-order valence-electron chi connectivity index (χ4n) is 3.58. The van der Waals surface area contributed by atoms with Crippen LogP contribution in [0, 0.1) is 5.82 Å². The molecule has 0 saturated carbocycles. The van der Waals surface area contributed by atoms with Gasteiger partial charge in [-0.3, -0.25) is 9.97 Å². The molecule has 0 aliphatic heterocycles. The minimum Gasteiger partial charge on any atom is -0.505 e. The van der Waals surface area contributed by atoms with Crippen LogP contribution in [0.2, 0.25) is 0 Å². The number of rotatable bonds is 5. The van der Waals surface area contributed by atoms with Gasteiger partial charge in [-0.05, 0) is 71.7 Å². The summed E-state index contributed by atoms with van der Waals surface area (Å²) in [6.07, 6.45) is 6.49. The fraction of sp³-hybridized carbons (Fsp3) is 0.143. The first-order valence-corrected chi connectivity index (χ1v) is 12.6. The van der Waals surface area contributed by atoms with Crippen molar-refractivity contribution in [1.29, 1.82) is 0 Å². The van der Waals surface area contributed by atoms with Crippen LogP contribution in [0.1, 0.15) is 34.8 Å². The molecule has 0 amide bonds. The van der Waals surface area contributed by atoms with Gasteiger partial charge in [-0.1, -0.05) is 6.07 Å². The largest absolute Gasteiger partial charge is 0.505 e. The molecule has 0 atom stereocenters.